The zero-order valence-corrected chi connectivity index (χ0v) is 11.1. The standard InChI is InChI=1S/C16H13N3O2/c17-13-6-7-14(12-5-2-8-19-15(12)13)21-11-4-1-3-10(9-11)16(18)20/h1-9H,17H2,(H2,18,20). The zero-order chi connectivity index (χ0) is 14.8. The van der Waals surface area contributed by atoms with Crippen molar-refractivity contribution in [1.29, 1.82) is 0 Å². The first kappa shape index (κ1) is 12.9. The number of amides is 1. The van der Waals surface area contributed by atoms with Gasteiger partial charge in [0.2, 0.25) is 5.91 Å². The lowest BCUT2D eigenvalue weighted by Crippen LogP contribution is -2.10. The Morgan fingerprint density at radius 2 is 1.95 bits per heavy atom. The van der Waals surface area contributed by atoms with E-state index in [0.717, 1.165) is 5.39 Å². The molecule has 0 unspecified atom stereocenters. The van der Waals surface area contributed by atoms with E-state index in [2.05, 4.69) is 4.98 Å². The summed E-state index contributed by atoms with van der Waals surface area (Å²) >= 11 is 0. The van der Waals surface area contributed by atoms with Crippen LogP contribution in [0.2, 0.25) is 0 Å². The van der Waals surface area contributed by atoms with Crippen molar-refractivity contribution < 1.29 is 9.53 Å². The van der Waals surface area contributed by atoms with Crippen LogP contribution in [0, 0.1) is 0 Å². The molecule has 0 aliphatic heterocycles. The maximum atomic E-state index is 11.2. The highest BCUT2D eigenvalue weighted by Crippen LogP contribution is 2.32. The van der Waals surface area contributed by atoms with Gasteiger partial charge in [-0.3, -0.25) is 9.78 Å². The summed E-state index contributed by atoms with van der Waals surface area (Å²) < 4.78 is 5.83. The van der Waals surface area contributed by atoms with Crippen LogP contribution in [0.3, 0.4) is 0 Å². The molecule has 0 fully saturated rings. The fourth-order valence-electron chi connectivity index (χ4n) is 2.10. The molecule has 0 atom stereocenters. The monoisotopic (exact) mass is 279 g/mol. The number of anilines is 1. The van der Waals surface area contributed by atoms with Gasteiger partial charge in [-0.05, 0) is 42.5 Å². The van der Waals surface area contributed by atoms with Gasteiger partial charge < -0.3 is 16.2 Å². The number of nitrogen functional groups attached to an aromatic ring is 1. The number of hydrogen-bond acceptors (Lipinski definition) is 4. The van der Waals surface area contributed by atoms with Gasteiger partial charge in [0.1, 0.15) is 11.5 Å². The molecule has 0 aliphatic carbocycles. The SMILES string of the molecule is NC(=O)c1cccc(Oc2ccc(N)c3ncccc23)c1. The van der Waals surface area contributed by atoms with E-state index in [-0.39, 0.29) is 0 Å². The van der Waals surface area contributed by atoms with Crippen molar-refractivity contribution in [1.82, 2.24) is 4.98 Å². The Morgan fingerprint density at radius 1 is 1.10 bits per heavy atom. The van der Waals surface area contributed by atoms with Crippen molar-refractivity contribution in [3.05, 3.63) is 60.3 Å². The van der Waals surface area contributed by atoms with Crippen LogP contribution in [0.1, 0.15) is 10.4 Å². The molecule has 104 valence electrons. The molecule has 0 radical (unpaired) electrons. The second-order valence-corrected chi connectivity index (χ2v) is 4.55. The predicted molar refractivity (Wildman–Crippen MR) is 81.2 cm³/mol. The molecule has 1 amide bonds. The summed E-state index contributed by atoms with van der Waals surface area (Å²) in [6, 6.07) is 13.9. The quantitative estimate of drug-likeness (QED) is 0.721. The van der Waals surface area contributed by atoms with Gasteiger partial charge >= 0.3 is 0 Å². The lowest BCUT2D eigenvalue weighted by molar-refractivity contribution is 0.1000. The van der Waals surface area contributed by atoms with Crippen molar-refractivity contribution in [3.8, 4) is 11.5 Å². The Kier molecular flexibility index (Phi) is 3.16. The van der Waals surface area contributed by atoms with E-state index in [1.807, 2.05) is 12.1 Å². The highest BCUT2D eigenvalue weighted by atomic mass is 16.5. The van der Waals surface area contributed by atoms with Crippen LogP contribution in [0.15, 0.2) is 54.7 Å². The minimum Gasteiger partial charge on any atom is -0.457 e. The largest absolute Gasteiger partial charge is 0.457 e. The number of ether oxygens (including phenoxy) is 1. The number of aromatic nitrogens is 1. The molecule has 5 heteroatoms. The van der Waals surface area contributed by atoms with E-state index < -0.39 is 5.91 Å². The number of primary amides is 1. The first-order valence-corrected chi connectivity index (χ1v) is 6.36. The molecule has 0 saturated heterocycles. The fraction of sp³-hybridized carbons (Fsp3) is 0. The number of carbonyl (C=O) groups excluding carboxylic acids is 1. The number of hydrogen-bond donors (Lipinski definition) is 2. The minimum absolute atomic E-state index is 0.394. The molecule has 3 rings (SSSR count). The van der Waals surface area contributed by atoms with Gasteiger partial charge in [-0.25, -0.2) is 0 Å². The third-order valence-corrected chi connectivity index (χ3v) is 3.11. The first-order chi connectivity index (χ1) is 10.1. The molecule has 3 aromatic rings. The molecule has 1 aromatic heterocycles. The van der Waals surface area contributed by atoms with E-state index in [0.29, 0.717) is 28.3 Å². The van der Waals surface area contributed by atoms with Gasteiger partial charge in [-0.15, -0.1) is 0 Å². The summed E-state index contributed by atoms with van der Waals surface area (Å²) in [7, 11) is 0. The van der Waals surface area contributed by atoms with Crippen molar-refractivity contribution in [2.24, 2.45) is 5.73 Å². The fourth-order valence-corrected chi connectivity index (χ4v) is 2.10. The van der Waals surface area contributed by atoms with Gasteiger partial charge in [-0.1, -0.05) is 6.07 Å². The summed E-state index contributed by atoms with van der Waals surface area (Å²) in [5.41, 5.74) is 12.8. The van der Waals surface area contributed by atoms with Crippen molar-refractivity contribution in [2.75, 3.05) is 5.73 Å². The lowest BCUT2D eigenvalue weighted by Gasteiger charge is -2.10. The van der Waals surface area contributed by atoms with Crippen molar-refractivity contribution in [2.45, 2.75) is 0 Å². The molecular weight excluding hydrogens is 266 g/mol. The summed E-state index contributed by atoms with van der Waals surface area (Å²) in [5, 5.41) is 0.807. The summed E-state index contributed by atoms with van der Waals surface area (Å²) in [4.78, 5) is 15.5. The highest BCUT2D eigenvalue weighted by molar-refractivity contribution is 5.94. The lowest BCUT2D eigenvalue weighted by atomic mass is 10.1. The minimum atomic E-state index is -0.496. The molecule has 0 saturated carbocycles. The third kappa shape index (κ3) is 2.49. The van der Waals surface area contributed by atoms with E-state index in [1.54, 1.807) is 42.6 Å². The van der Waals surface area contributed by atoms with Crippen molar-refractivity contribution >= 4 is 22.5 Å². The van der Waals surface area contributed by atoms with Crippen LogP contribution in [0.25, 0.3) is 10.9 Å². The molecule has 0 bridgehead atoms. The van der Waals surface area contributed by atoms with Crippen LogP contribution in [-0.4, -0.2) is 10.9 Å². The van der Waals surface area contributed by atoms with Crippen LogP contribution < -0.4 is 16.2 Å². The summed E-state index contributed by atoms with van der Waals surface area (Å²) in [6.07, 6.45) is 1.68. The maximum Gasteiger partial charge on any atom is 0.248 e. The first-order valence-electron chi connectivity index (χ1n) is 6.36. The van der Waals surface area contributed by atoms with Crippen LogP contribution in [0.4, 0.5) is 5.69 Å². The Hall–Kier alpha value is -3.08. The number of rotatable bonds is 3. The highest BCUT2D eigenvalue weighted by Gasteiger charge is 2.08. The van der Waals surface area contributed by atoms with Gasteiger partial charge in [-0.2, -0.15) is 0 Å². The Balaban J connectivity index is 2.04. The molecule has 2 aromatic carbocycles. The molecular formula is C16H13N3O2. The number of pyridine rings is 1. The van der Waals surface area contributed by atoms with Gasteiger partial charge in [0.15, 0.2) is 0 Å². The third-order valence-electron chi connectivity index (χ3n) is 3.11. The number of fused-ring (bicyclic) bond motifs is 1. The van der Waals surface area contributed by atoms with Crippen LogP contribution >= 0.6 is 0 Å². The molecule has 0 aliphatic rings. The van der Waals surface area contributed by atoms with Crippen LogP contribution in [-0.2, 0) is 0 Å². The number of nitrogens with zero attached hydrogens (tertiary/aromatic N) is 1. The van der Waals surface area contributed by atoms with Crippen LogP contribution in [0.5, 0.6) is 11.5 Å². The average molecular weight is 279 g/mol. The second-order valence-electron chi connectivity index (χ2n) is 4.55. The topological polar surface area (TPSA) is 91.2 Å². The van der Waals surface area contributed by atoms with E-state index in [4.69, 9.17) is 16.2 Å². The smallest absolute Gasteiger partial charge is 0.248 e. The Bertz CT molecular complexity index is 831. The molecule has 1 heterocycles. The summed E-state index contributed by atoms with van der Waals surface area (Å²) in [5.74, 6) is 0.652. The van der Waals surface area contributed by atoms with Gasteiger partial charge in [0, 0.05) is 17.1 Å². The molecule has 4 N–H and O–H groups in total. The van der Waals surface area contributed by atoms with E-state index in [9.17, 15) is 4.79 Å². The van der Waals surface area contributed by atoms with E-state index in [1.165, 1.54) is 0 Å². The van der Waals surface area contributed by atoms with Crippen molar-refractivity contribution in [3.63, 3.8) is 0 Å². The normalized spacial score (nSPS) is 10.5. The maximum absolute atomic E-state index is 11.2. The Morgan fingerprint density at radius 3 is 2.76 bits per heavy atom. The molecule has 0 spiro atoms. The number of benzene rings is 2. The molecule has 21 heavy (non-hydrogen) atoms. The van der Waals surface area contributed by atoms with Gasteiger partial charge in [0.25, 0.3) is 0 Å². The summed E-state index contributed by atoms with van der Waals surface area (Å²) in [6.45, 7) is 0. The van der Waals surface area contributed by atoms with Gasteiger partial charge in [0.05, 0.1) is 11.2 Å². The molecule has 5 nitrogen and oxygen atoms in total. The number of nitrogens with two attached hydrogens (primary N) is 2. The zero-order valence-electron chi connectivity index (χ0n) is 11.1. The van der Waals surface area contributed by atoms with E-state index >= 15 is 0 Å². The number of carbonyl (C=O) groups is 1. The predicted octanol–water partition coefficient (Wildman–Crippen LogP) is 2.71. The second kappa shape index (κ2) is 5.13. The average Bonchev–Trinajstić information content (AvgIpc) is 2.51. The Labute approximate surface area is 121 Å².